The number of fused-ring (bicyclic) bond motifs is 1. The Morgan fingerprint density at radius 2 is 1.93 bits per heavy atom. The van der Waals surface area contributed by atoms with Gasteiger partial charge in [0.25, 0.3) is 0 Å². The van der Waals surface area contributed by atoms with E-state index in [0.717, 1.165) is 31.5 Å². The van der Waals surface area contributed by atoms with Gasteiger partial charge in [-0.15, -0.1) is 0 Å². The second kappa shape index (κ2) is 7.88. The Hall–Kier alpha value is -2.73. The van der Waals surface area contributed by atoms with Gasteiger partial charge >= 0.3 is 6.03 Å². The lowest BCUT2D eigenvalue weighted by Crippen LogP contribution is -2.51. The summed E-state index contributed by atoms with van der Waals surface area (Å²) in [4.78, 5) is 21.2. The second-order valence-electron chi connectivity index (χ2n) is 7.05. The van der Waals surface area contributed by atoms with Crippen LogP contribution in [0.25, 0.3) is 6.08 Å². The van der Waals surface area contributed by atoms with Crippen LogP contribution in [0.1, 0.15) is 0 Å². The molecule has 1 unspecified atom stereocenters. The number of nitrogens with zero attached hydrogens (tertiary/aromatic N) is 3. The zero-order chi connectivity index (χ0) is 18.6. The topological polar surface area (TPSA) is 47.9 Å². The highest BCUT2D eigenvalue weighted by Crippen LogP contribution is 2.12. The van der Waals surface area contributed by atoms with E-state index in [-0.39, 0.29) is 11.8 Å². The molecule has 2 aromatic carbocycles. The van der Waals surface area contributed by atoms with Crippen LogP contribution in [0.4, 0.5) is 14.9 Å². The first-order valence-electron chi connectivity index (χ1n) is 9.32. The molecule has 2 heterocycles. The number of halogens is 1. The molecule has 1 saturated heterocycles. The molecule has 1 fully saturated rings. The van der Waals surface area contributed by atoms with Crippen molar-refractivity contribution in [3.63, 3.8) is 0 Å². The molecule has 0 aromatic heterocycles. The molecule has 140 valence electrons. The number of para-hydroxylation sites is 1. The summed E-state index contributed by atoms with van der Waals surface area (Å²) in [5.41, 5.74) is 0.486. The molecule has 1 N–H and O–H groups in total. The zero-order valence-corrected chi connectivity index (χ0v) is 15.1. The van der Waals surface area contributed by atoms with E-state index in [1.54, 1.807) is 17.0 Å². The predicted octanol–water partition coefficient (Wildman–Crippen LogP) is 1.71. The standard InChI is InChI=1S/C21H23FN4O/c22-18-5-3-6-19(13-18)24-21(27)26-10-8-25(9-11-26)15-16-12-17-4-1-2-7-20(17)23-14-16/h1-7,12-13,16H,8-11,14-15H2,(H,24,27). The van der Waals surface area contributed by atoms with Crippen molar-refractivity contribution in [2.75, 3.05) is 44.6 Å². The molecule has 6 heteroatoms. The molecule has 0 bridgehead atoms. The quantitative estimate of drug-likeness (QED) is 0.899. The molecule has 2 amide bonds. The number of carbonyl (C=O) groups excluding carboxylic acids is 1. The number of nitrogens with one attached hydrogen (secondary N) is 1. The molecule has 2 aromatic rings. The fraction of sp³-hybridized carbons (Fsp3) is 0.333. The lowest BCUT2D eigenvalue weighted by atomic mass is 10.0. The van der Waals surface area contributed by atoms with Crippen LogP contribution in [-0.2, 0) is 0 Å². The van der Waals surface area contributed by atoms with E-state index in [9.17, 15) is 9.18 Å². The Morgan fingerprint density at radius 3 is 2.74 bits per heavy atom. The van der Waals surface area contributed by atoms with Crippen molar-refractivity contribution < 1.29 is 9.18 Å². The van der Waals surface area contributed by atoms with Gasteiger partial charge in [-0.05, 0) is 29.5 Å². The van der Waals surface area contributed by atoms with Crippen molar-refractivity contribution >= 4 is 17.8 Å². The summed E-state index contributed by atoms with van der Waals surface area (Å²) in [6.07, 6.45) is 2.31. The highest BCUT2D eigenvalue weighted by molar-refractivity contribution is 5.89. The van der Waals surface area contributed by atoms with Crippen molar-refractivity contribution in [3.8, 4) is 0 Å². The molecule has 0 radical (unpaired) electrons. The number of benzene rings is 2. The minimum Gasteiger partial charge on any atom is -0.322 e. The number of amides is 2. The van der Waals surface area contributed by atoms with Crippen LogP contribution >= 0.6 is 0 Å². The predicted molar refractivity (Wildman–Crippen MR) is 103 cm³/mol. The Labute approximate surface area is 157 Å². The van der Waals surface area contributed by atoms with Crippen molar-refractivity contribution in [1.82, 2.24) is 9.80 Å². The Kier molecular flexibility index (Phi) is 5.16. The van der Waals surface area contributed by atoms with E-state index in [1.807, 2.05) is 12.1 Å². The normalized spacial score (nSPS) is 19.6. The van der Waals surface area contributed by atoms with E-state index in [2.05, 4.69) is 33.4 Å². The van der Waals surface area contributed by atoms with Crippen LogP contribution in [0.3, 0.4) is 0 Å². The first kappa shape index (κ1) is 17.7. The third-order valence-corrected chi connectivity index (χ3v) is 5.08. The number of hydrogen-bond donors (Lipinski definition) is 1. The van der Waals surface area contributed by atoms with Gasteiger partial charge in [0.2, 0.25) is 0 Å². The van der Waals surface area contributed by atoms with Gasteiger partial charge in [0.1, 0.15) is 5.82 Å². The molecule has 0 aliphatic carbocycles. The summed E-state index contributed by atoms with van der Waals surface area (Å²) >= 11 is 0. The second-order valence-corrected chi connectivity index (χ2v) is 7.05. The maximum absolute atomic E-state index is 13.2. The first-order chi connectivity index (χ1) is 13.2. The van der Waals surface area contributed by atoms with Crippen molar-refractivity contribution in [2.24, 2.45) is 10.9 Å². The SMILES string of the molecule is O=C(Nc1cccc(F)c1)N1CCN(CC2C=c3ccccc3=NC2)CC1. The van der Waals surface area contributed by atoms with Gasteiger partial charge in [-0.3, -0.25) is 9.89 Å². The maximum Gasteiger partial charge on any atom is 0.321 e. The summed E-state index contributed by atoms with van der Waals surface area (Å²) in [6.45, 7) is 4.78. The lowest BCUT2D eigenvalue weighted by molar-refractivity contribution is 0.141. The third kappa shape index (κ3) is 4.34. The Bertz CT molecular complexity index is 937. The summed E-state index contributed by atoms with van der Waals surface area (Å²) in [6, 6.07) is 14.0. The van der Waals surface area contributed by atoms with Crippen LogP contribution in [0, 0.1) is 11.7 Å². The summed E-state index contributed by atoms with van der Waals surface area (Å²) < 4.78 is 13.2. The van der Waals surface area contributed by atoms with Gasteiger partial charge in [-0.25, -0.2) is 9.18 Å². The van der Waals surface area contributed by atoms with Crippen molar-refractivity contribution in [3.05, 3.63) is 64.9 Å². The first-order valence-corrected chi connectivity index (χ1v) is 9.32. The molecule has 0 spiro atoms. The number of piperazine rings is 1. The summed E-state index contributed by atoms with van der Waals surface area (Å²) in [7, 11) is 0. The minimum atomic E-state index is -0.353. The number of urea groups is 1. The summed E-state index contributed by atoms with van der Waals surface area (Å²) in [5.74, 6) is 0.0564. The maximum atomic E-state index is 13.2. The van der Waals surface area contributed by atoms with E-state index < -0.39 is 0 Å². The largest absolute Gasteiger partial charge is 0.322 e. The molecule has 27 heavy (non-hydrogen) atoms. The number of carbonyl (C=O) groups is 1. The number of rotatable bonds is 3. The average molecular weight is 366 g/mol. The molecule has 5 nitrogen and oxygen atoms in total. The fourth-order valence-corrected chi connectivity index (χ4v) is 3.64. The van der Waals surface area contributed by atoms with E-state index in [4.69, 9.17) is 0 Å². The van der Waals surface area contributed by atoms with E-state index in [0.29, 0.717) is 24.7 Å². The highest BCUT2D eigenvalue weighted by atomic mass is 19.1. The number of anilines is 1. The lowest BCUT2D eigenvalue weighted by Gasteiger charge is -2.36. The molecule has 4 rings (SSSR count). The average Bonchev–Trinajstić information content (AvgIpc) is 2.68. The smallest absolute Gasteiger partial charge is 0.321 e. The van der Waals surface area contributed by atoms with Crippen LogP contribution in [0.5, 0.6) is 0 Å². The molecule has 1 atom stereocenters. The van der Waals surface area contributed by atoms with Crippen LogP contribution in [-0.4, -0.2) is 55.1 Å². The molecular weight excluding hydrogens is 343 g/mol. The van der Waals surface area contributed by atoms with E-state index in [1.165, 1.54) is 17.4 Å². The molecule has 2 aliphatic heterocycles. The van der Waals surface area contributed by atoms with Gasteiger partial charge < -0.3 is 10.2 Å². The van der Waals surface area contributed by atoms with Gasteiger partial charge in [0, 0.05) is 50.9 Å². The van der Waals surface area contributed by atoms with Gasteiger partial charge in [-0.1, -0.05) is 30.3 Å². The Morgan fingerprint density at radius 1 is 1.11 bits per heavy atom. The minimum absolute atomic E-state index is 0.173. The molecule has 2 aliphatic rings. The van der Waals surface area contributed by atoms with E-state index >= 15 is 0 Å². The zero-order valence-electron chi connectivity index (χ0n) is 15.1. The van der Waals surface area contributed by atoms with Crippen molar-refractivity contribution in [2.45, 2.75) is 0 Å². The third-order valence-electron chi connectivity index (χ3n) is 5.08. The van der Waals surface area contributed by atoms with Crippen molar-refractivity contribution in [1.29, 1.82) is 0 Å². The molecular formula is C21H23FN4O. The van der Waals surface area contributed by atoms with Crippen LogP contribution in [0.15, 0.2) is 53.5 Å². The van der Waals surface area contributed by atoms with Crippen LogP contribution in [0.2, 0.25) is 0 Å². The van der Waals surface area contributed by atoms with Gasteiger partial charge in [-0.2, -0.15) is 0 Å². The van der Waals surface area contributed by atoms with Gasteiger partial charge in [0.05, 0.1) is 5.36 Å². The van der Waals surface area contributed by atoms with Gasteiger partial charge in [0.15, 0.2) is 0 Å². The monoisotopic (exact) mass is 366 g/mol. The molecule has 0 saturated carbocycles. The Balaban J connectivity index is 1.29. The number of hydrogen-bond acceptors (Lipinski definition) is 3. The fourth-order valence-electron chi connectivity index (χ4n) is 3.64. The van der Waals surface area contributed by atoms with Crippen LogP contribution < -0.4 is 15.9 Å². The highest BCUT2D eigenvalue weighted by Gasteiger charge is 2.23. The summed E-state index contributed by atoms with van der Waals surface area (Å²) in [5, 5.41) is 5.05.